The molecule has 1 fully saturated rings. The molecule has 2 unspecified atom stereocenters. The molecule has 0 bridgehead atoms. The van der Waals surface area contributed by atoms with Gasteiger partial charge in [-0.25, -0.2) is 4.39 Å². The van der Waals surface area contributed by atoms with Crippen LogP contribution in [0.15, 0.2) is 18.2 Å². The zero-order chi connectivity index (χ0) is 13.7. The summed E-state index contributed by atoms with van der Waals surface area (Å²) in [7, 11) is 0. The lowest BCUT2D eigenvalue weighted by atomic mass is 9.80. The predicted molar refractivity (Wildman–Crippen MR) is 79.2 cm³/mol. The van der Waals surface area contributed by atoms with Crippen LogP contribution in [0.25, 0.3) is 0 Å². The lowest BCUT2D eigenvalue weighted by molar-refractivity contribution is 0.259. The van der Waals surface area contributed by atoms with Gasteiger partial charge in [0.2, 0.25) is 0 Å². The smallest absolute Gasteiger partial charge is 0.144 e. The second-order valence-electron chi connectivity index (χ2n) is 5.52. The van der Waals surface area contributed by atoms with E-state index in [1.54, 1.807) is 6.07 Å². The molecule has 19 heavy (non-hydrogen) atoms. The largest absolute Gasteiger partial charge is 0.314 e. The minimum Gasteiger partial charge on any atom is -0.314 e. The van der Waals surface area contributed by atoms with Crippen LogP contribution in [-0.2, 0) is 6.42 Å². The number of halogens is 2. The van der Waals surface area contributed by atoms with E-state index in [1.807, 2.05) is 12.1 Å². The lowest BCUT2D eigenvalue weighted by Crippen LogP contribution is -2.40. The average molecular weight is 284 g/mol. The van der Waals surface area contributed by atoms with E-state index >= 15 is 0 Å². The minimum absolute atomic E-state index is 0.232. The van der Waals surface area contributed by atoms with Crippen molar-refractivity contribution in [1.29, 1.82) is 0 Å². The van der Waals surface area contributed by atoms with Crippen molar-refractivity contribution in [3.63, 3.8) is 0 Å². The molecule has 3 heteroatoms. The summed E-state index contributed by atoms with van der Waals surface area (Å²) < 4.78 is 14.0. The van der Waals surface area contributed by atoms with Gasteiger partial charge in [0.25, 0.3) is 0 Å². The van der Waals surface area contributed by atoms with Gasteiger partial charge in [-0.3, -0.25) is 0 Å². The number of nitrogens with one attached hydrogen (secondary N) is 1. The molecule has 1 aromatic rings. The Balaban J connectivity index is 2.04. The highest BCUT2D eigenvalue weighted by Crippen LogP contribution is 2.29. The molecule has 0 heterocycles. The van der Waals surface area contributed by atoms with Crippen molar-refractivity contribution in [3.05, 3.63) is 34.6 Å². The second-order valence-corrected chi connectivity index (χ2v) is 5.93. The fourth-order valence-corrected chi connectivity index (χ4v) is 3.23. The number of hydrogen-bond donors (Lipinski definition) is 1. The molecule has 2 rings (SSSR count). The van der Waals surface area contributed by atoms with Crippen molar-refractivity contribution < 1.29 is 4.39 Å². The van der Waals surface area contributed by atoms with Crippen LogP contribution < -0.4 is 5.32 Å². The summed E-state index contributed by atoms with van der Waals surface area (Å²) in [5, 5.41) is 3.86. The van der Waals surface area contributed by atoms with Gasteiger partial charge in [-0.15, -0.1) is 0 Å². The molecule has 0 saturated heterocycles. The third-order valence-electron chi connectivity index (χ3n) is 4.08. The summed E-state index contributed by atoms with van der Waals surface area (Å²) >= 11 is 5.86. The summed E-state index contributed by atoms with van der Waals surface area (Å²) in [6.45, 7) is 3.24. The summed E-state index contributed by atoms with van der Waals surface area (Å²) in [4.78, 5) is 0. The van der Waals surface area contributed by atoms with Gasteiger partial charge in [0.15, 0.2) is 0 Å². The quantitative estimate of drug-likeness (QED) is 0.834. The molecular formula is C16H23ClFN. The Morgan fingerprint density at radius 2 is 2.11 bits per heavy atom. The fraction of sp³-hybridized carbons (Fsp3) is 0.625. The van der Waals surface area contributed by atoms with E-state index in [0.29, 0.717) is 12.0 Å². The molecule has 2 atom stereocenters. The lowest BCUT2D eigenvalue weighted by Gasteiger charge is -2.32. The SMILES string of the molecule is CCCNC1CCCCC1Cc1cccc(Cl)c1F. The van der Waals surface area contributed by atoms with Crippen LogP contribution in [0.1, 0.15) is 44.6 Å². The van der Waals surface area contributed by atoms with Crippen molar-refractivity contribution in [2.75, 3.05) is 6.54 Å². The molecule has 0 aromatic heterocycles. The predicted octanol–water partition coefficient (Wildman–Crippen LogP) is 4.58. The first-order valence-corrected chi connectivity index (χ1v) is 7.76. The van der Waals surface area contributed by atoms with E-state index in [1.165, 1.54) is 25.7 Å². The number of rotatable bonds is 5. The van der Waals surface area contributed by atoms with E-state index in [4.69, 9.17) is 11.6 Å². The zero-order valence-corrected chi connectivity index (χ0v) is 12.3. The minimum atomic E-state index is -0.232. The first-order chi connectivity index (χ1) is 9.22. The van der Waals surface area contributed by atoms with Gasteiger partial charge in [0.05, 0.1) is 5.02 Å². The molecular weight excluding hydrogens is 261 g/mol. The van der Waals surface area contributed by atoms with Gasteiger partial charge >= 0.3 is 0 Å². The maximum atomic E-state index is 14.0. The van der Waals surface area contributed by atoms with Crippen molar-refractivity contribution in [3.8, 4) is 0 Å². The average Bonchev–Trinajstić information content (AvgIpc) is 2.43. The molecule has 1 aliphatic carbocycles. The highest BCUT2D eigenvalue weighted by molar-refractivity contribution is 6.30. The van der Waals surface area contributed by atoms with E-state index in [-0.39, 0.29) is 10.8 Å². The van der Waals surface area contributed by atoms with E-state index in [9.17, 15) is 4.39 Å². The normalized spacial score (nSPS) is 23.5. The summed E-state index contributed by atoms with van der Waals surface area (Å²) in [6.07, 6.45) is 6.90. The van der Waals surface area contributed by atoms with Crippen LogP contribution in [0.4, 0.5) is 4.39 Å². The highest BCUT2D eigenvalue weighted by atomic mass is 35.5. The van der Waals surface area contributed by atoms with Gasteiger partial charge in [-0.05, 0) is 49.8 Å². The van der Waals surface area contributed by atoms with Gasteiger partial charge in [-0.2, -0.15) is 0 Å². The molecule has 0 radical (unpaired) electrons. The Hall–Kier alpha value is -0.600. The Kier molecular flexibility index (Phi) is 5.65. The van der Waals surface area contributed by atoms with E-state index < -0.39 is 0 Å². The molecule has 106 valence electrons. The van der Waals surface area contributed by atoms with Crippen molar-refractivity contribution in [2.24, 2.45) is 5.92 Å². The molecule has 1 nitrogen and oxygen atoms in total. The van der Waals surface area contributed by atoms with Gasteiger partial charge in [0.1, 0.15) is 5.82 Å². The van der Waals surface area contributed by atoms with Crippen LogP contribution in [0.5, 0.6) is 0 Å². The van der Waals surface area contributed by atoms with Crippen molar-refractivity contribution in [1.82, 2.24) is 5.32 Å². The van der Waals surface area contributed by atoms with Gasteiger partial charge in [0, 0.05) is 6.04 Å². The Morgan fingerprint density at radius 1 is 1.32 bits per heavy atom. The van der Waals surface area contributed by atoms with Crippen LogP contribution >= 0.6 is 11.6 Å². The fourth-order valence-electron chi connectivity index (χ4n) is 3.04. The van der Waals surface area contributed by atoms with E-state index in [2.05, 4.69) is 12.2 Å². The standard InChI is InChI=1S/C16H23ClFN/c1-2-10-19-15-9-4-3-6-12(15)11-13-7-5-8-14(17)16(13)18/h5,7-8,12,15,19H,2-4,6,9-11H2,1H3. The Bertz CT molecular complexity index is 408. The molecule has 0 aliphatic heterocycles. The number of hydrogen-bond acceptors (Lipinski definition) is 1. The number of benzene rings is 1. The summed E-state index contributed by atoms with van der Waals surface area (Å²) in [5.74, 6) is 0.303. The molecule has 1 saturated carbocycles. The van der Waals surface area contributed by atoms with Crippen molar-refractivity contribution >= 4 is 11.6 Å². The van der Waals surface area contributed by atoms with Crippen LogP contribution in [-0.4, -0.2) is 12.6 Å². The summed E-state index contributed by atoms with van der Waals surface area (Å²) in [6, 6.07) is 5.87. The third kappa shape index (κ3) is 3.93. The van der Waals surface area contributed by atoms with Crippen LogP contribution in [0.3, 0.4) is 0 Å². The Morgan fingerprint density at radius 3 is 2.89 bits per heavy atom. The Labute approximate surface area is 120 Å². The molecule has 0 spiro atoms. The first kappa shape index (κ1) is 14.8. The maximum absolute atomic E-state index is 14.0. The van der Waals surface area contributed by atoms with Crippen molar-refractivity contribution in [2.45, 2.75) is 51.5 Å². The van der Waals surface area contributed by atoms with Gasteiger partial charge in [-0.1, -0.05) is 43.5 Å². The third-order valence-corrected chi connectivity index (χ3v) is 4.37. The van der Waals surface area contributed by atoms with Crippen LogP contribution in [0.2, 0.25) is 5.02 Å². The highest BCUT2D eigenvalue weighted by Gasteiger charge is 2.25. The molecule has 1 N–H and O–H groups in total. The monoisotopic (exact) mass is 283 g/mol. The zero-order valence-electron chi connectivity index (χ0n) is 11.6. The first-order valence-electron chi connectivity index (χ1n) is 7.38. The topological polar surface area (TPSA) is 12.0 Å². The molecule has 1 aliphatic rings. The van der Waals surface area contributed by atoms with Crippen LogP contribution in [0, 0.1) is 11.7 Å². The van der Waals surface area contributed by atoms with Gasteiger partial charge < -0.3 is 5.32 Å². The molecule has 0 amide bonds. The second kappa shape index (κ2) is 7.25. The molecule has 1 aromatic carbocycles. The maximum Gasteiger partial charge on any atom is 0.144 e. The van der Waals surface area contributed by atoms with E-state index in [0.717, 1.165) is 24.9 Å². The summed E-state index contributed by atoms with van der Waals surface area (Å²) in [5.41, 5.74) is 0.766.